The number of carbonyl (C=O) groups is 1. The summed E-state index contributed by atoms with van der Waals surface area (Å²) in [6, 6.07) is 0. The molecule has 0 aromatic rings. The van der Waals surface area contributed by atoms with Gasteiger partial charge < -0.3 is 5.11 Å². The highest BCUT2D eigenvalue weighted by Gasteiger charge is 2.24. The second kappa shape index (κ2) is 5.02. The number of likely N-dealkylation sites (tertiary alicyclic amines) is 1. The molecule has 3 heteroatoms. The van der Waals surface area contributed by atoms with Crippen molar-refractivity contribution in [2.75, 3.05) is 19.6 Å². The summed E-state index contributed by atoms with van der Waals surface area (Å²) >= 11 is 0. The van der Waals surface area contributed by atoms with E-state index in [0.29, 0.717) is 6.54 Å². The molecule has 0 spiro atoms. The van der Waals surface area contributed by atoms with Crippen molar-refractivity contribution in [2.24, 2.45) is 5.92 Å². The smallest absolute Gasteiger partial charge is 0.307 e. The molecule has 1 fully saturated rings. The maximum atomic E-state index is 10.7. The number of allylic oxidation sites excluding steroid dienone is 1. The van der Waals surface area contributed by atoms with Crippen molar-refractivity contribution in [3.63, 3.8) is 0 Å². The van der Waals surface area contributed by atoms with Crippen LogP contribution in [-0.4, -0.2) is 35.6 Å². The second-order valence-electron chi connectivity index (χ2n) is 3.51. The van der Waals surface area contributed by atoms with E-state index < -0.39 is 5.97 Å². The molecule has 1 rings (SSSR count). The highest BCUT2D eigenvalue weighted by atomic mass is 16.4. The van der Waals surface area contributed by atoms with E-state index in [2.05, 4.69) is 11.0 Å². The normalized spacial score (nSPS) is 25.2. The highest BCUT2D eigenvalue weighted by molar-refractivity contribution is 5.70. The van der Waals surface area contributed by atoms with Crippen molar-refractivity contribution in [3.05, 3.63) is 12.2 Å². The second-order valence-corrected chi connectivity index (χ2v) is 3.51. The zero-order valence-corrected chi connectivity index (χ0v) is 8.07. The largest absolute Gasteiger partial charge is 0.481 e. The summed E-state index contributed by atoms with van der Waals surface area (Å²) in [5, 5.41) is 8.84. The zero-order chi connectivity index (χ0) is 9.68. The van der Waals surface area contributed by atoms with E-state index >= 15 is 0 Å². The molecule has 74 valence electrons. The van der Waals surface area contributed by atoms with Crippen LogP contribution in [0.4, 0.5) is 0 Å². The molecule has 1 unspecified atom stereocenters. The Balaban J connectivity index is 2.37. The van der Waals surface area contributed by atoms with Gasteiger partial charge >= 0.3 is 5.97 Å². The predicted octanol–water partition coefficient (Wildman–Crippen LogP) is 1.36. The number of rotatable bonds is 3. The third kappa shape index (κ3) is 3.19. The molecule has 0 amide bonds. The minimum Gasteiger partial charge on any atom is -0.481 e. The number of carboxylic acids is 1. The van der Waals surface area contributed by atoms with Gasteiger partial charge in [0.1, 0.15) is 0 Å². The summed E-state index contributed by atoms with van der Waals surface area (Å²) in [7, 11) is 0. The van der Waals surface area contributed by atoms with Gasteiger partial charge in [-0.3, -0.25) is 9.69 Å². The van der Waals surface area contributed by atoms with Crippen LogP contribution in [-0.2, 0) is 4.79 Å². The van der Waals surface area contributed by atoms with Gasteiger partial charge in [0.05, 0.1) is 5.92 Å². The van der Waals surface area contributed by atoms with Gasteiger partial charge in [-0.2, -0.15) is 0 Å². The lowest BCUT2D eigenvalue weighted by molar-refractivity contribution is -0.143. The monoisotopic (exact) mass is 183 g/mol. The Bertz CT molecular complexity index is 201. The number of piperidine rings is 1. The van der Waals surface area contributed by atoms with E-state index in [1.54, 1.807) is 0 Å². The maximum absolute atomic E-state index is 10.7. The van der Waals surface area contributed by atoms with Crippen LogP contribution in [0.25, 0.3) is 0 Å². The van der Waals surface area contributed by atoms with Gasteiger partial charge in [0.15, 0.2) is 0 Å². The third-order valence-electron chi connectivity index (χ3n) is 2.45. The van der Waals surface area contributed by atoms with E-state index in [4.69, 9.17) is 5.11 Å². The summed E-state index contributed by atoms with van der Waals surface area (Å²) < 4.78 is 0. The molecule has 0 aromatic heterocycles. The Morgan fingerprint density at radius 2 is 2.46 bits per heavy atom. The first kappa shape index (κ1) is 10.3. The molecular weight excluding hydrogens is 166 g/mol. The molecule has 1 N–H and O–H groups in total. The summed E-state index contributed by atoms with van der Waals surface area (Å²) in [6.07, 6.45) is 5.92. The van der Waals surface area contributed by atoms with Crippen molar-refractivity contribution in [1.82, 2.24) is 4.90 Å². The Hall–Kier alpha value is -0.830. The highest BCUT2D eigenvalue weighted by Crippen LogP contribution is 2.16. The van der Waals surface area contributed by atoms with Crippen LogP contribution in [0, 0.1) is 5.92 Å². The van der Waals surface area contributed by atoms with E-state index in [1.807, 2.05) is 13.0 Å². The lowest BCUT2D eigenvalue weighted by Gasteiger charge is -2.29. The number of hydrogen-bond donors (Lipinski definition) is 1. The summed E-state index contributed by atoms with van der Waals surface area (Å²) in [6.45, 7) is 4.62. The molecule has 0 bridgehead atoms. The zero-order valence-electron chi connectivity index (χ0n) is 8.07. The molecule has 13 heavy (non-hydrogen) atoms. The molecule has 0 aromatic carbocycles. The number of carboxylic acid groups (broad SMARTS) is 1. The number of aliphatic carboxylic acids is 1. The van der Waals surface area contributed by atoms with Crippen LogP contribution >= 0.6 is 0 Å². The number of nitrogens with zero attached hydrogens (tertiary/aromatic N) is 1. The maximum Gasteiger partial charge on any atom is 0.307 e. The fourth-order valence-corrected chi connectivity index (χ4v) is 1.68. The van der Waals surface area contributed by atoms with Crippen LogP contribution in [0.1, 0.15) is 19.8 Å². The third-order valence-corrected chi connectivity index (χ3v) is 2.45. The van der Waals surface area contributed by atoms with Crippen molar-refractivity contribution >= 4 is 5.97 Å². The van der Waals surface area contributed by atoms with E-state index in [-0.39, 0.29) is 5.92 Å². The van der Waals surface area contributed by atoms with Crippen LogP contribution < -0.4 is 0 Å². The first-order chi connectivity index (χ1) is 6.24. The summed E-state index contributed by atoms with van der Waals surface area (Å²) in [4.78, 5) is 12.9. The minimum absolute atomic E-state index is 0.154. The number of hydrogen-bond acceptors (Lipinski definition) is 2. The van der Waals surface area contributed by atoms with Crippen LogP contribution in [0.5, 0.6) is 0 Å². The van der Waals surface area contributed by atoms with Gasteiger partial charge in [-0.15, -0.1) is 0 Å². The average Bonchev–Trinajstić information content (AvgIpc) is 2.15. The van der Waals surface area contributed by atoms with Gasteiger partial charge in [-0.05, 0) is 26.3 Å². The molecular formula is C10H17NO2. The SMILES string of the molecule is C/C=C/CN1CCCC(C(=O)O)C1. The topological polar surface area (TPSA) is 40.5 Å². The fourth-order valence-electron chi connectivity index (χ4n) is 1.68. The van der Waals surface area contributed by atoms with Crippen LogP contribution in [0.3, 0.4) is 0 Å². The quantitative estimate of drug-likeness (QED) is 0.672. The fraction of sp³-hybridized carbons (Fsp3) is 0.700. The van der Waals surface area contributed by atoms with Gasteiger partial charge in [-0.25, -0.2) is 0 Å². The van der Waals surface area contributed by atoms with Crippen molar-refractivity contribution in [2.45, 2.75) is 19.8 Å². The molecule has 1 atom stereocenters. The Labute approximate surface area is 79.0 Å². The molecule has 0 saturated carbocycles. The molecule has 1 saturated heterocycles. The molecule has 3 nitrogen and oxygen atoms in total. The van der Waals surface area contributed by atoms with Gasteiger partial charge in [-0.1, -0.05) is 12.2 Å². The van der Waals surface area contributed by atoms with Gasteiger partial charge in [0, 0.05) is 13.1 Å². The summed E-state index contributed by atoms with van der Waals surface area (Å²) in [5.41, 5.74) is 0. The first-order valence-corrected chi connectivity index (χ1v) is 4.80. The van der Waals surface area contributed by atoms with E-state index in [0.717, 1.165) is 25.9 Å². The first-order valence-electron chi connectivity index (χ1n) is 4.80. The molecule has 0 radical (unpaired) electrons. The molecule has 1 aliphatic rings. The van der Waals surface area contributed by atoms with Gasteiger partial charge in [0.25, 0.3) is 0 Å². The molecule has 1 heterocycles. The lowest BCUT2D eigenvalue weighted by Crippen LogP contribution is -2.38. The average molecular weight is 183 g/mol. The van der Waals surface area contributed by atoms with Crippen molar-refractivity contribution < 1.29 is 9.90 Å². The Morgan fingerprint density at radius 3 is 3.08 bits per heavy atom. The Morgan fingerprint density at radius 1 is 1.69 bits per heavy atom. The van der Waals surface area contributed by atoms with Crippen LogP contribution in [0.2, 0.25) is 0 Å². The van der Waals surface area contributed by atoms with Crippen molar-refractivity contribution in [1.29, 1.82) is 0 Å². The Kier molecular flexibility index (Phi) is 3.96. The van der Waals surface area contributed by atoms with E-state index in [1.165, 1.54) is 0 Å². The van der Waals surface area contributed by atoms with Gasteiger partial charge in [0.2, 0.25) is 0 Å². The lowest BCUT2D eigenvalue weighted by atomic mass is 9.98. The van der Waals surface area contributed by atoms with Crippen LogP contribution in [0.15, 0.2) is 12.2 Å². The molecule has 1 aliphatic heterocycles. The standard InChI is InChI=1S/C10H17NO2/c1-2-3-6-11-7-4-5-9(8-11)10(12)13/h2-3,9H,4-8H2,1H3,(H,12,13)/b3-2+. The predicted molar refractivity (Wildman–Crippen MR) is 51.6 cm³/mol. The minimum atomic E-state index is -0.648. The van der Waals surface area contributed by atoms with E-state index in [9.17, 15) is 4.79 Å². The van der Waals surface area contributed by atoms with Crippen molar-refractivity contribution in [3.8, 4) is 0 Å². The summed E-state index contributed by atoms with van der Waals surface area (Å²) in [5.74, 6) is -0.802. The molecule has 0 aliphatic carbocycles.